The van der Waals surface area contributed by atoms with Crippen LogP contribution in [-0.4, -0.2) is 49.0 Å². The standard InChI is InChI=1S/C19H21N7O/c1-13-3-2-7-21-17(13)24-18-16(20-9-10-22-18)14-5-11-26(12-6-14)19(27)15-4-8-23-25-15/h2-4,7-10,14H,5-6,11-12H2,1H3,(H,23,25)(H,21,22,24). The van der Waals surface area contributed by atoms with Crippen LogP contribution in [0.3, 0.4) is 0 Å². The van der Waals surface area contributed by atoms with Crippen LogP contribution < -0.4 is 5.32 Å². The first kappa shape index (κ1) is 17.1. The molecule has 4 heterocycles. The number of nitrogens with zero attached hydrogens (tertiary/aromatic N) is 5. The van der Waals surface area contributed by atoms with Crippen molar-refractivity contribution in [3.05, 3.63) is 59.9 Å². The van der Waals surface area contributed by atoms with Crippen LogP contribution in [0.1, 0.15) is 40.5 Å². The zero-order valence-corrected chi connectivity index (χ0v) is 15.1. The Morgan fingerprint density at radius 2 is 1.85 bits per heavy atom. The summed E-state index contributed by atoms with van der Waals surface area (Å²) in [7, 11) is 0. The number of aromatic nitrogens is 5. The summed E-state index contributed by atoms with van der Waals surface area (Å²) in [5.41, 5.74) is 2.51. The second-order valence-electron chi connectivity index (χ2n) is 6.62. The molecule has 138 valence electrons. The molecule has 1 fully saturated rings. The van der Waals surface area contributed by atoms with Gasteiger partial charge in [0.05, 0.1) is 5.69 Å². The summed E-state index contributed by atoms with van der Waals surface area (Å²) in [5, 5.41) is 9.91. The normalized spacial score (nSPS) is 14.9. The molecule has 3 aromatic rings. The van der Waals surface area contributed by atoms with Crippen LogP contribution in [0.15, 0.2) is 43.0 Å². The number of hydrogen-bond donors (Lipinski definition) is 2. The molecule has 3 aromatic heterocycles. The van der Waals surface area contributed by atoms with Crippen LogP contribution in [0, 0.1) is 6.92 Å². The van der Waals surface area contributed by atoms with Gasteiger partial charge in [0.2, 0.25) is 0 Å². The summed E-state index contributed by atoms with van der Waals surface area (Å²) in [6, 6.07) is 5.61. The van der Waals surface area contributed by atoms with Crippen LogP contribution in [0.25, 0.3) is 0 Å². The van der Waals surface area contributed by atoms with Crippen molar-refractivity contribution >= 4 is 17.5 Å². The number of hydrogen-bond acceptors (Lipinski definition) is 6. The van der Waals surface area contributed by atoms with Crippen molar-refractivity contribution < 1.29 is 4.79 Å². The predicted octanol–water partition coefficient (Wildman–Crippen LogP) is 2.67. The number of anilines is 2. The maximum atomic E-state index is 12.5. The lowest BCUT2D eigenvalue weighted by atomic mass is 9.93. The summed E-state index contributed by atoms with van der Waals surface area (Å²) < 4.78 is 0. The zero-order valence-electron chi connectivity index (χ0n) is 15.1. The molecule has 0 bridgehead atoms. The van der Waals surface area contributed by atoms with E-state index in [0.29, 0.717) is 18.8 Å². The van der Waals surface area contributed by atoms with Crippen molar-refractivity contribution in [3.63, 3.8) is 0 Å². The zero-order chi connectivity index (χ0) is 18.6. The number of amides is 1. The lowest BCUT2D eigenvalue weighted by molar-refractivity contribution is 0.0706. The molecule has 0 spiro atoms. The molecule has 8 heteroatoms. The first-order valence-electron chi connectivity index (χ1n) is 9.00. The topological polar surface area (TPSA) is 99.7 Å². The molecule has 0 aromatic carbocycles. The summed E-state index contributed by atoms with van der Waals surface area (Å²) in [6.07, 6.45) is 8.43. The average Bonchev–Trinajstić information content (AvgIpc) is 3.25. The third-order valence-corrected chi connectivity index (χ3v) is 4.87. The minimum absolute atomic E-state index is 0.00689. The molecular formula is C19H21N7O. The highest BCUT2D eigenvalue weighted by Crippen LogP contribution is 2.32. The summed E-state index contributed by atoms with van der Waals surface area (Å²) in [4.78, 5) is 27.7. The van der Waals surface area contributed by atoms with Gasteiger partial charge in [-0.25, -0.2) is 9.97 Å². The summed E-state index contributed by atoms with van der Waals surface area (Å²) >= 11 is 0. The van der Waals surface area contributed by atoms with Gasteiger partial charge in [0.1, 0.15) is 11.5 Å². The van der Waals surface area contributed by atoms with Gasteiger partial charge in [0.15, 0.2) is 5.82 Å². The molecule has 27 heavy (non-hydrogen) atoms. The first-order chi connectivity index (χ1) is 13.2. The Bertz CT molecular complexity index is 917. The Labute approximate surface area is 157 Å². The van der Waals surface area contributed by atoms with Gasteiger partial charge < -0.3 is 10.2 Å². The molecule has 0 atom stereocenters. The van der Waals surface area contributed by atoms with Crippen LogP contribution in [0.5, 0.6) is 0 Å². The number of piperidine rings is 1. The van der Waals surface area contributed by atoms with E-state index in [9.17, 15) is 4.79 Å². The highest BCUT2D eigenvalue weighted by Gasteiger charge is 2.27. The Hall–Kier alpha value is -3.29. The van der Waals surface area contributed by atoms with Crippen LogP contribution >= 0.6 is 0 Å². The van der Waals surface area contributed by atoms with E-state index in [2.05, 4.69) is 30.5 Å². The monoisotopic (exact) mass is 363 g/mol. The van der Waals surface area contributed by atoms with E-state index < -0.39 is 0 Å². The molecule has 0 unspecified atom stereocenters. The van der Waals surface area contributed by atoms with E-state index >= 15 is 0 Å². The molecule has 0 aliphatic carbocycles. The number of aryl methyl sites for hydroxylation is 1. The Balaban J connectivity index is 1.47. The van der Waals surface area contributed by atoms with E-state index in [1.807, 2.05) is 24.0 Å². The Morgan fingerprint density at radius 3 is 2.59 bits per heavy atom. The quantitative estimate of drug-likeness (QED) is 0.739. The second kappa shape index (κ2) is 7.53. The third kappa shape index (κ3) is 3.64. The van der Waals surface area contributed by atoms with E-state index in [4.69, 9.17) is 0 Å². The van der Waals surface area contributed by atoms with Crippen molar-refractivity contribution in [2.45, 2.75) is 25.7 Å². The van der Waals surface area contributed by atoms with E-state index in [1.165, 1.54) is 0 Å². The van der Waals surface area contributed by atoms with Crippen molar-refractivity contribution in [2.24, 2.45) is 0 Å². The fourth-order valence-electron chi connectivity index (χ4n) is 3.37. The average molecular weight is 363 g/mol. The largest absolute Gasteiger partial charge is 0.337 e. The van der Waals surface area contributed by atoms with Crippen molar-refractivity contribution in [1.82, 2.24) is 30.0 Å². The molecule has 1 amide bonds. The SMILES string of the molecule is Cc1cccnc1Nc1nccnc1C1CCN(C(=O)c2ccn[nH]2)CC1. The molecule has 1 saturated heterocycles. The number of nitrogens with one attached hydrogen (secondary N) is 2. The fourth-order valence-corrected chi connectivity index (χ4v) is 3.37. The first-order valence-corrected chi connectivity index (χ1v) is 9.00. The minimum Gasteiger partial charge on any atom is -0.337 e. The van der Waals surface area contributed by atoms with Gasteiger partial charge in [-0.1, -0.05) is 6.07 Å². The highest BCUT2D eigenvalue weighted by molar-refractivity contribution is 5.92. The Morgan fingerprint density at radius 1 is 1.07 bits per heavy atom. The maximum absolute atomic E-state index is 12.5. The van der Waals surface area contributed by atoms with Crippen LogP contribution in [-0.2, 0) is 0 Å². The van der Waals surface area contributed by atoms with E-state index in [1.54, 1.807) is 30.9 Å². The molecule has 1 aliphatic heterocycles. The summed E-state index contributed by atoms with van der Waals surface area (Å²) in [5.74, 6) is 1.76. The van der Waals surface area contributed by atoms with Gasteiger partial charge in [-0.3, -0.25) is 14.9 Å². The molecule has 1 aliphatic rings. The number of rotatable bonds is 4. The lowest BCUT2D eigenvalue weighted by Gasteiger charge is -2.31. The Kier molecular flexibility index (Phi) is 4.78. The van der Waals surface area contributed by atoms with Crippen molar-refractivity contribution in [2.75, 3.05) is 18.4 Å². The number of carbonyl (C=O) groups excluding carboxylic acids is 1. The van der Waals surface area contributed by atoms with Crippen LogP contribution in [0.4, 0.5) is 11.6 Å². The highest BCUT2D eigenvalue weighted by atomic mass is 16.2. The molecular weight excluding hydrogens is 342 g/mol. The van der Waals surface area contributed by atoms with Crippen molar-refractivity contribution in [1.29, 1.82) is 0 Å². The number of aromatic amines is 1. The fraction of sp³-hybridized carbons (Fsp3) is 0.316. The smallest absolute Gasteiger partial charge is 0.271 e. The number of H-pyrrole nitrogens is 1. The maximum Gasteiger partial charge on any atom is 0.271 e. The van der Waals surface area contributed by atoms with Gasteiger partial charge in [0, 0.05) is 43.8 Å². The number of likely N-dealkylation sites (tertiary alicyclic amines) is 1. The van der Waals surface area contributed by atoms with Gasteiger partial charge in [0.25, 0.3) is 5.91 Å². The van der Waals surface area contributed by atoms with E-state index in [0.717, 1.165) is 35.7 Å². The number of carbonyl (C=O) groups is 1. The van der Waals surface area contributed by atoms with Gasteiger partial charge in [-0.05, 0) is 37.5 Å². The van der Waals surface area contributed by atoms with E-state index in [-0.39, 0.29) is 11.8 Å². The molecule has 8 nitrogen and oxygen atoms in total. The molecule has 4 rings (SSSR count). The lowest BCUT2D eigenvalue weighted by Crippen LogP contribution is -2.38. The van der Waals surface area contributed by atoms with Crippen LogP contribution in [0.2, 0.25) is 0 Å². The molecule has 0 radical (unpaired) electrons. The second-order valence-corrected chi connectivity index (χ2v) is 6.62. The minimum atomic E-state index is -0.00689. The summed E-state index contributed by atoms with van der Waals surface area (Å²) in [6.45, 7) is 3.37. The third-order valence-electron chi connectivity index (χ3n) is 4.87. The number of pyridine rings is 1. The van der Waals surface area contributed by atoms with Crippen molar-refractivity contribution in [3.8, 4) is 0 Å². The molecule has 0 saturated carbocycles. The molecule has 2 N–H and O–H groups in total. The van der Waals surface area contributed by atoms with Gasteiger partial charge in [-0.2, -0.15) is 5.10 Å². The van der Waals surface area contributed by atoms with Gasteiger partial charge in [-0.15, -0.1) is 0 Å². The predicted molar refractivity (Wildman–Crippen MR) is 101 cm³/mol. The van der Waals surface area contributed by atoms with Gasteiger partial charge >= 0.3 is 0 Å².